The van der Waals surface area contributed by atoms with E-state index >= 15 is 0 Å². The second-order valence-corrected chi connectivity index (χ2v) is 5.95. The zero-order chi connectivity index (χ0) is 15.6. The molecule has 0 bridgehead atoms. The van der Waals surface area contributed by atoms with Gasteiger partial charge in [0.1, 0.15) is 5.69 Å². The largest absolute Gasteiger partial charge is 0.321 e. The van der Waals surface area contributed by atoms with Gasteiger partial charge in [-0.25, -0.2) is 8.78 Å². The fourth-order valence-electron chi connectivity index (χ4n) is 1.68. The van der Waals surface area contributed by atoms with Crippen LogP contribution in [0.25, 0.3) is 0 Å². The van der Waals surface area contributed by atoms with Gasteiger partial charge in [0.25, 0.3) is 0 Å². The van der Waals surface area contributed by atoms with Crippen molar-refractivity contribution in [3.8, 4) is 0 Å². The molecule has 0 spiro atoms. The number of benzene rings is 2. The quantitative estimate of drug-likeness (QED) is 0.760. The fraction of sp³-hybridized carbons (Fsp3) is 0.0714. The molecule has 2 aromatic rings. The van der Waals surface area contributed by atoms with Crippen LogP contribution in [0.5, 0.6) is 0 Å². The van der Waals surface area contributed by atoms with Crippen molar-refractivity contribution in [2.24, 2.45) is 0 Å². The van der Waals surface area contributed by atoms with Gasteiger partial charge in [0.15, 0.2) is 11.6 Å². The van der Waals surface area contributed by atoms with Crippen molar-refractivity contribution in [2.45, 2.75) is 6.42 Å². The molecule has 21 heavy (non-hydrogen) atoms. The maximum atomic E-state index is 13.6. The van der Waals surface area contributed by atoms with Crippen LogP contribution in [0.3, 0.4) is 0 Å². The average molecular weight is 395 g/mol. The lowest BCUT2D eigenvalue weighted by Gasteiger charge is -2.08. The minimum absolute atomic E-state index is 0.0775. The molecule has 7 heteroatoms. The third kappa shape index (κ3) is 4.15. The monoisotopic (exact) mass is 393 g/mol. The molecule has 0 atom stereocenters. The van der Waals surface area contributed by atoms with Gasteiger partial charge >= 0.3 is 0 Å². The van der Waals surface area contributed by atoms with Gasteiger partial charge in [-0.15, -0.1) is 0 Å². The maximum Gasteiger partial charge on any atom is 0.228 e. The van der Waals surface area contributed by atoms with E-state index in [0.717, 1.165) is 12.1 Å². The second-order valence-electron chi connectivity index (χ2n) is 4.22. The molecule has 0 unspecified atom stereocenters. The van der Waals surface area contributed by atoms with Gasteiger partial charge in [-0.2, -0.15) is 0 Å². The first kappa shape index (κ1) is 16.2. The summed E-state index contributed by atoms with van der Waals surface area (Å²) in [5.41, 5.74) is 0.100. The maximum absolute atomic E-state index is 13.6. The van der Waals surface area contributed by atoms with E-state index in [4.69, 9.17) is 23.2 Å². The Bertz CT molecular complexity index is 686. The molecule has 1 N–H and O–H groups in total. The van der Waals surface area contributed by atoms with Gasteiger partial charge in [0.2, 0.25) is 5.91 Å². The van der Waals surface area contributed by atoms with E-state index in [-0.39, 0.29) is 10.9 Å². The molecule has 2 rings (SSSR count). The fourth-order valence-corrected chi connectivity index (χ4v) is 2.40. The van der Waals surface area contributed by atoms with Crippen molar-refractivity contribution in [3.05, 3.63) is 62.0 Å². The molecule has 1 amide bonds. The SMILES string of the molecule is O=C(Cc1ccc(Cl)c(Cl)c1)Nc1c(F)cc(Br)cc1F. The van der Waals surface area contributed by atoms with Crippen LogP contribution < -0.4 is 5.32 Å². The molecule has 0 saturated carbocycles. The van der Waals surface area contributed by atoms with Crippen molar-refractivity contribution >= 4 is 50.7 Å². The van der Waals surface area contributed by atoms with E-state index in [1.165, 1.54) is 6.07 Å². The highest BCUT2D eigenvalue weighted by atomic mass is 79.9. The number of anilines is 1. The number of amides is 1. The number of halogens is 5. The summed E-state index contributed by atoms with van der Waals surface area (Å²) < 4.78 is 27.5. The number of hydrogen-bond donors (Lipinski definition) is 1. The van der Waals surface area contributed by atoms with Crippen LogP contribution in [0.15, 0.2) is 34.8 Å². The van der Waals surface area contributed by atoms with E-state index in [2.05, 4.69) is 21.2 Å². The Kier molecular flexibility index (Phi) is 5.19. The van der Waals surface area contributed by atoms with Crippen molar-refractivity contribution in [1.82, 2.24) is 0 Å². The van der Waals surface area contributed by atoms with Gasteiger partial charge in [-0.3, -0.25) is 4.79 Å². The van der Waals surface area contributed by atoms with Crippen LogP contribution in [-0.4, -0.2) is 5.91 Å². The van der Waals surface area contributed by atoms with Crippen LogP contribution in [0, 0.1) is 11.6 Å². The standard InChI is InChI=1S/C14H8BrCl2F2NO/c15-8-5-11(18)14(12(19)6-8)20-13(21)4-7-1-2-9(16)10(17)3-7/h1-3,5-6H,4H2,(H,20,21). The molecular weight excluding hydrogens is 387 g/mol. The van der Waals surface area contributed by atoms with E-state index in [0.29, 0.717) is 15.6 Å². The molecule has 0 aliphatic carbocycles. The Hall–Kier alpha value is -1.17. The van der Waals surface area contributed by atoms with E-state index in [1.807, 2.05) is 0 Å². The first-order chi connectivity index (χ1) is 9.86. The van der Waals surface area contributed by atoms with Crippen molar-refractivity contribution in [3.63, 3.8) is 0 Å². The lowest BCUT2D eigenvalue weighted by atomic mass is 10.1. The molecule has 0 radical (unpaired) electrons. The van der Waals surface area contributed by atoms with Crippen LogP contribution in [0.4, 0.5) is 14.5 Å². The third-order valence-electron chi connectivity index (χ3n) is 2.62. The zero-order valence-corrected chi connectivity index (χ0v) is 13.5. The summed E-state index contributed by atoms with van der Waals surface area (Å²) in [5.74, 6) is -2.28. The van der Waals surface area contributed by atoms with Crippen molar-refractivity contribution < 1.29 is 13.6 Å². The smallest absolute Gasteiger partial charge is 0.228 e. The second kappa shape index (κ2) is 6.73. The molecule has 0 aliphatic heterocycles. The lowest BCUT2D eigenvalue weighted by Crippen LogP contribution is -2.16. The summed E-state index contributed by atoms with van der Waals surface area (Å²) in [6, 6.07) is 6.82. The average Bonchev–Trinajstić information content (AvgIpc) is 2.38. The van der Waals surface area contributed by atoms with Gasteiger partial charge < -0.3 is 5.32 Å². The van der Waals surface area contributed by atoms with Crippen molar-refractivity contribution in [1.29, 1.82) is 0 Å². The molecule has 2 aromatic carbocycles. The van der Waals surface area contributed by atoms with Gasteiger partial charge in [0, 0.05) is 4.47 Å². The lowest BCUT2D eigenvalue weighted by molar-refractivity contribution is -0.115. The minimum Gasteiger partial charge on any atom is -0.321 e. The number of carbonyl (C=O) groups excluding carboxylic acids is 1. The highest BCUT2D eigenvalue weighted by Crippen LogP contribution is 2.25. The van der Waals surface area contributed by atoms with Crippen LogP contribution >= 0.6 is 39.1 Å². The van der Waals surface area contributed by atoms with Gasteiger partial charge in [0.05, 0.1) is 16.5 Å². The van der Waals surface area contributed by atoms with Crippen molar-refractivity contribution in [2.75, 3.05) is 5.32 Å². The first-order valence-electron chi connectivity index (χ1n) is 5.75. The minimum atomic E-state index is -0.857. The molecule has 2 nitrogen and oxygen atoms in total. The zero-order valence-electron chi connectivity index (χ0n) is 10.4. The van der Waals surface area contributed by atoms with E-state index in [1.54, 1.807) is 12.1 Å². The molecule has 0 saturated heterocycles. The van der Waals surface area contributed by atoms with Gasteiger partial charge in [-0.1, -0.05) is 45.2 Å². The summed E-state index contributed by atoms with van der Waals surface area (Å²) >= 11 is 14.6. The number of rotatable bonds is 3. The summed E-state index contributed by atoms with van der Waals surface area (Å²) in [6.07, 6.45) is -0.0775. The normalized spacial score (nSPS) is 10.5. The van der Waals surface area contributed by atoms with E-state index in [9.17, 15) is 13.6 Å². The summed E-state index contributed by atoms with van der Waals surface area (Å²) in [7, 11) is 0. The number of nitrogens with one attached hydrogen (secondary N) is 1. The highest BCUT2D eigenvalue weighted by Gasteiger charge is 2.14. The molecule has 0 heterocycles. The molecule has 110 valence electrons. The van der Waals surface area contributed by atoms with Gasteiger partial charge in [-0.05, 0) is 29.8 Å². The van der Waals surface area contributed by atoms with Crippen LogP contribution in [-0.2, 0) is 11.2 Å². The Morgan fingerprint density at radius 1 is 1.10 bits per heavy atom. The molecule has 0 aliphatic rings. The Balaban J connectivity index is 2.13. The first-order valence-corrected chi connectivity index (χ1v) is 7.30. The highest BCUT2D eigenvalue weighted by molar-refractivity contribution is 9.10. The van der Waals surface area contributed by atoms with E-state index < -0.39 is 23.2 Å². The Labute approximate surface area is 138 Å². The topological polar surface area (TPSA) is 29.1 Å². The summed E-state index contributed by atoms with van der Waals surface area (Å²) in [5, 5.41) is 2.88. The summed E-state index contributed by atoms with van der Waals surface area (Å²) in [4.78, 5) is 11.8. The Morgan fingerprint density at radius 2 is 1.71 bits per heavy atom. The van der Waals surface area contributed by atoms with Crippen LogP contribution in [0.2, 0.25) is 10.0 Å². The van der Waals surface area contributed by atoms with Crippen LogP contribution in [0.1, 0.15) is 5.56 Å². The summed E-state index contributed by atoms with van der Waals surface area (Å²) in [6.45, 7) is 0. The Morgan fingerprint density at radius 3 is 2.29 bits per heavy atom. The number of carbonyl (C=O) groups is 1. The predicted molar refractivity (Wildman–Crippen MR) is 82.9 cm³/mol. The number of hydrogen-bond acceptors (Lipinski definition) is 1. The molecule has 0 aromatic heterocycles. The predicted octanol–water partition coefficient (Wildman–Crippen LogP) is 5.22. The third-order valence-corrected chi connectivity index (χ3v) is 3.82. The molecular formula is C14H8BrCl2F2NO. The molecule has 0 fully saturated rings.